The maximum absolute atomic E-state index is 6.15. The second-order valence-corrected chi connectivity index (χ2v) is 15.6. The van der Waals surface area contributed by atoms with Gasteiger partial charge in [0.15, 0.2) is 0 Å². The van der Waals surface area contributed by atoms with Crippen molar-refractivity contribution in [2.24, 2.45) is 10.8 Å². The van der Waals surface area contributed by atoms with Crippen molar-refractivity contribution in [2.75, 3.05) is 0 Å². The zero-order chi connectivity index (χ0) is 28.7. The number of rotatable bonds is 3. The van der Waals surface area contributed by atoms with E-state index in [9.17, 15) is 0 Å². The smallest absolute Gasteiger partial charge is 0.399 e. The fourth-order valence-corrected chi connectivity index (χ4v) is 6.22. The van der Waals surface area contributed by atoms with Crippen LogP contribution in [0.5, 0.6) is 0 Å². The molecular formula is C34H52BBrO2. The van der Waals surface area contributed by atoms with Crippen LogP contribution in [0.15, 0.2) is 40.9 Å². The van der Waals surface area contributed by atoms with Crippen LogP contribution in [0.3, 0.4) is 0 Å². The molecule has 210 valence electrons. The highest BCUT2D eigenvalue weighted by molar-refractivity contribution is 9.10. The van der Waals surface area contributed by atoms with Gasteiger partial charge in [-0.1, -0.05) is 95.6 Å². The lowest BCUT2D eigenvalue weighted by molar-refractivity contribution is 0.00578. The Morgan fingerprint density at radius 1 is 0.737 bits per heavy atom. The van der Waals surface area contributed by atoms with E-state index < -0.39 is 0 Å². The fourth-order valence-electron chi connectivity index (χ4n) is 5.81. The lowest BCUT2D eigenvalue weighted by Crippen LogP contribution is -2.41. The minimum atomic E-state index is -0.268. The number of hydrogen-bond donors (Lipinski definition) is 0. The average Bonchev–Trinajstić information content (AvgIpc) is 2.98. The van der Waals surface area contributed by atoms with Crippen molar-refractivity contribution in [2.45, 2.75) is 132 Å². The lowest BCUT2D eigenvalue weighted by atomic mass is 9.67. The Bertz CT molecular complexity index is 1090. The highest BCUT2D eigenvalue weighted by Gasteiger charge is 2.52. The molecule has 3 aliphatic rings. The van der Waals surface area contributed by atoms with Crippen LogP contribution in [0, 0.1) is 10.8 Å². The van der Waals surface area contributed by atoms with Crippen molar-refractivity contribution in [3.8, 4) is 0 Å². The summed E-state index contributed by atoms with van der Waals surface area (Å²) in [7, 11) is -0.239. The summed E-state index contributed by atoms with van der Waals surface area (Å²) in [5, 5.41) is 0. The SMILES string of the molecule is CC.CC(C)(C)CC1Cc2cc(B3OC(C)(C)C(C)(C)O3)ccc21.CC(C)(C)CC1Cc2cc(Br)ccc21. The van der Waals surface area contributed by atoms with Gasteiger partial charge in [0.05, 0.1) is 11.2 Å². The molecule has 1 saturated heterocycles. The number of hydrogen-bond acceptors (Lipinski definition) is 2. The molecule has 2 atom stereocenters. The molecule has 5 rings (SSSR count). The van der Waals surface area contributed by atoms with E-state index in [1.807, 2.05) is 13.8 Å². The van der Waals surface area contributed by atoms with Crippen LogP contribution >= 0.6 is 15.9 Å². The van der Waals surface area contributed by atoms with Crippen LogP contribution in [0.2, 0.25) is 0 Å². The third kappa shape index (κ3) is 7.35. The minimum absolute atomic E-state index is 0.239. The van der Waals surface area contributed by atoms with Gasteiger partial charge >= 0.3 is 7.12 Å². The van der Waals surface area contributed by atoms with E-state index >= 15 is 0 Å². The Balaban J connectivity index is 0.000000215. The fraction of sp³-hybridized carbons (Fsp3) is 0.647. The van der Waals surface area contributed by atoms with E-state index in [1.54, 1.807) is 5.56 Å². The Labute approximate surface area is 242 Å². The molecule has 2 unspecified atom stereocenters. The van der Waals surface area contributed by atoms with Crippen molar-refractivity contribution in [1.29, 1.82) is 0 Å². The zero-order valence-corrected chi connectivity index (χ0v) is 27.8. The van der Waals surface area contributed by atoms with Crippen LogP contribution in [-0.2, 0) is 22.2 Å². The Hall–Kier alpha value is -1.10. The second kappa shape index (κ2) is 11.4. The summed E-state index contributed by atoms with van der Waals surface area (Å²) >= 11 is 3.51. The molecule has 2 nitrogen and oxygen atoms in total. The maximum Gasteiger partial charge on any atom is 0.494 e. The predicted molar refractivity (Wildman–Crippen MR) is 169 cm³/mol. The minimum Gasteiger partial charge on any atom is -0.399 e. The average molecular weight is 584 g/mol. The molecule has 0 amide bonds. The molecule has 0 aromatic heterocycles. The molecule has 0 bridgehead atoms. The van der Waals surface area contributed by atoms with Gasteiger partial charge in [0, 0.05) is 4.47 Å². The Kier molecular flexibility index (Phi) is 9.44. The monoisotopic (exact) mass is 582 g/mol. The van der Waals surface area contributed by atoms with E-state index in [4.69, 9.17) is 9.31 Å². The summed E-state index contributed by atoms with van der Waals surface area (Å²) in [6, 6.07) is 13.5. The first-order valence-corrected chi connectivity index (χ1v) is 15.5. The molecule has 0 spiro atoms. The second-order valence-electron chi connectivity index (χ2n) is 14.7. The first kappa shape index (κ1) is 31.4. The van der Waals surface area contributed by atoms with Gasteiger partial charge in [-0.15, -0.1) is 0 Å². The summed E-state index contributed by atoms with van der Waals surface area (Å²) < 4.78 is 13.5. The molecule has 1 aliphatic heterocycles. The Morgan fingerprint density at radius 2 is 1.16 bits per heavy atom. The molecule has 0 N–H and O–H groups in total. The highest BCUT2D eigenvalue weighted by atomic mass is 79.9. The largest absolute Gasteiger partial charge is 0.494 e. The van der Waals surface area contributed by atoms with Crippen LogP contribution in [0.4, 0.5) is 0 Å². The highest BCUT2D eigenvalue weighted by Crippen LogP contribution is 2.44. The maximum atomic E-state index is 6.15. The van der Waals surface area contributed by atoms with Crippen molar-refractivity contribution in [3.05, 3.63) is 63.1 Å². The number of fused-ring (bicyclic) bond motifs is 2. The van der Waals surface area contributed by atoms with Crippen molar-refractivity contribution >= 4 is 28.5 Å². The van der Waals surface area contributed by atoms with Gasteiger partial charge in [-0.05, 0) is 116 Å². The third-order valence-corrected chi connectivity index (χ3v) is 8.82. The van der Waals surface area contributed by atoms with Crippen LogP contribution in [-0.4, -0.2) is 18.3 Å². The molecule has 1 heterocycles. The molecule has 4 heteroatoms. The summed E-state index contributed by atoms with van der Waals surface area (Å²) in [6.45, 7) is 26.4. The summed E-state index contributed by atoms with van der Waals surface area (Å²) in [6.07, 6.45) is 5.03. The molecule has 2 aliphatic carbocycles. The van der Waals surface area contributed by atoms with Crippen molar-refractivity contribution in [3.63, 3.8) is 0 Å². The predicted octanol–water partition coefficient (Wildman–Crippen LogP) is 9.61. The van der Waals surface area contributed by atoms with Gasteiger partial charge in [-0.3, -0.25) is 0 Å². The third-order valence-electron chi connectivity index (χ3n) is 8.33. The van der Waals surface area contributed by atoms with Gasteiger partial charge in [-0.2, -0.15) is 0 Å². The Morgan fingerprint density at radius 3 is 1.55 bits per heavy atom. The van der Waals surface area contributed by atoms with Crippen LogP contribution < -0.4 is 5.46 Å². The quantitative estimate of drug-likeness (QED) is 0.335. The summed E-state index contributed by atoms with van der Waals surface area (Å²) in [4.78, 5) is 0. The van der Waals surface area contributed by atoms with Gasteiger partial charge in [0.1, 0.15) is 0 Å². The molecule has 2 aromatic carbocycles. The number of benzene rings is 2. The van der Waals surface area contributed by atoms with E-state index in [-0.39, 0.29) is 18.3 Å². The van der Waals surface area contributed by atoms with Gasteiger partial charge in [0.2, 0.25) is 0 Å². The molecule has 1 fully saturated rings. The standard InChI is InChI=1S/C19H29BO2.C13H17Br.C2H6/c1-17(2,3)12-14-10-13-11-15(8-9-16(13)14)20-21-18(4,5)19(6,7)22-20;1-13(2,3)8-10-6-9-7-11(14)4-5-12(9)10;1-2/h8-9,11,14H,10,12H2,1-7H3;4-5,7,10H,6,8H2,1-3H3;1-2H3. The molecule has 0 radical (unpaired) electrons. The molecule has 0 saturated carbocycles. The van der Waals surface area contributed by atoms with E-state index in [1.165, 1.54) is 46.8 Å². The van der Waals surface area contributed by atoms with Crippen molar-refractivity contribution < 1.29 is 9.31 Å². The van der Waals surface area contributed by atoms with E-state index in [0.29, 0.717) is 10.8 Å². The van der Waals surface area contributed by atoms with Gasteiger partial charge in [-0.25, -0.2) is 0 Å². The van der Waals surface area contributed by atoms with Crippen LogP contribution in [0.1, 0.15) is 130 Å². The van der Waals surface area contributed by atoms with E-state index in [0.717, 1.165) is 17.3 Å². The molecule has 38 heavy (non-hydrogen) atoms. The summed E-state index contributed by atoms with van der Waals surface area (Å²) in [5.41, 5.74) is 7.58. The van der Waals surface area contributed by atoms with Gasteiger partial charge < -0.3 is 9.31 Å². The normalized spacial score (nSPS) is 22.5. The van der Waals surface area contributed by atoms with Gasteiger partial charge in [0.25, 0.3) is 0 Å². The van der Waals surface area contributed by atoms with Crippen LogP contribution in [0.25, 0.3) is 0 Å². The first-order valence-electron chi connectivity index (χ1n) is 14.7. The topological polar surface area (TPSA) is 18.5 Å². The molecular weight excluding hydrogens is 531 g/mol. The summed E-state index contributed by atoms with van der Waals surface area (Å²) in [5.74, 6) is 1.53. The molecule has 2 aromatic rings. The van der Waals surface area contributed by atoms with Crippen molar-refractivity contribution in [1.82, 2.24) is 0 Å². The first-order chi connectivity index (χ1) is 17.4. The zero-order valence-electron chi connectivity index (χ0n) is 26.2. The lowest BCUT2D eigenvalue weighted by Gasteiger charge is -2.35. The van der Waals surface area contributed by atoms with E-state index in [2.05, 4.69) is 122 Å². The number of halogens is 1.